The van der Waals surface area contributed by atoms with Crippen LogP contribution in [0.1, 0.15) is 44.2 Å². The van der Waals surface area contributed by atoms with Crippen molar-refractivity contribution in [2.45, 2.75) is 44.8 Å². The number of esters is 1. The van der Waals surface area contributed by atoms with Crippen molar-refractivity contribution in [3.05, 3.63) is 35.0 Å². The molecule has 1 heterocycles. The number of ether oxygens (including phenoxy) is 3. The van der Waals surface area contributed by atoms with Crippen LogP contribution in [0.25, 0.3) is 0 Å². The fourth-order valence-electron chi connectivity index (χ4n) is 3.48. The van der Waals surface area contributed by atoms with Crippen LogP contribution in [0, 0.1) is 0 Å². The van der Waals surface area contributed by atoms with Crippen LogP contribution < -0.4 is 20.1 Å². The Bertz CT molecular complexity index is 737. The first-order chi connectivity index (χ1) is 12.5. The standard InChI is InChI=1S/C19H24N2O5/c1-11-16(18(22)26-12-6-4-5-7-12)17(21-19(23)20-11)14-9-8-13(24-2)10-15(14)25-3/h8-10,12,17H,4-7H2,1-3H3,(H2,20,21,23)/t17-/m0/s1. The van der Waals surface area contributed by atoms with Crippen LogP contribution in [0.5, 0.6) is 11.5 Å². The van der Waals surface area contributed by atoms with Gasteiger partial charge in [0.05, 0.1) is 25.8 Å². The van der Waals surface area contributed by atoms with E-state index in [-0.39, 0.29) is 12.1 Å². The molecule has 1 aromatic carbocycles. The van der Waals surface area contributed by atoms with Crippen LogP contribution in [0.15, 0.2) is 29.5 Å². The van der Waals surface area contributed by atoms with Gasteiger partial charge in [0.2, 0.25) is 0 Å². The molecule has 0 saturated heterocycles. The molecule has 1 fully saturated rings. The van der Waals surface area contributed by atoms with E-state index in [4.69, 9.17) is 14.2 Å². The Hall–Kier alpha value is -2.70. The van der Waals surface area contributed by atoms with Crippen LogP contribution in [-0.4, -0.2) is 32.3 Å². The fraction of sp³-hybridized carbons (Fsp3) is 0.474. The van der Waals surface area contributed by atoms with Gasteiger partial charge in [0.1, 0.15) is 17.6 Å². The van der Waals surface area contributed by atoms with E-state index < -0.39 is 12.0 Å². The van der Waals surface area contributed by atoms with Crippen molar-refractivity contribution < 1.29 is 23.8 Å². The summed E-state index contributed by atoms with van der Waals surface area (Å²) >= 11 is 0. The molecular weight excluding hydrogens is 336 g/mol. The zero-order chi connectivity index (χ0) is 18.7. The lowest BCUT2D eigenvalue weighted by Gasteiger charge is -2.29. The van der Waals surface area contributed by atoms with Crippen LogP contribution in [0.3, 0.4) is 0 Å². The van der Waals surface area contributed by atoms with E-state index in [9.17, 15) is 9.59 Å². The quantitative estimate of drug-likeness (QED) is 0.789. The van der Waals surface area contributed by atoms with Gasteiger partial charge in [0.15, 0.2) is 0 Å². The van der Waals surface area contributed by atoms with Gasteiger partial charge in [0, 0.05) is 17.3 Å². The molecular formula is C19H24N2O5. The average Bonchev–Trinajstić information content (AvgIpc) is 3.13. The summed E-state index contributed by atoms with van der Waals surface area (Å²) in [6.45, 7) is 1.70. The van der Waals surface area contributed by atoms with Gasteiger partial charge in [-0.2, -0.15) is 0 Å². The first-order valence-electron chi connectivity index (χ1n) is 8.74. The van der Waals surface area contributed by atoms with E-state index >= 15 is 0 Å². The van der Waals surface area contributed by atoms with Gasteiger partial charge in [-0.1, -0.05) is 0 Å². The molecule has 1 aliphatic heterocycles. The number of amides is 2. The van der Waals surface area contributed by atoms with Gasteiger partial charge in [0.25, 0.3) is 0 Å². The number of carbonyl (C=O) groups is 2. The van der Waals surface area contributed by atoms with E-state index in [1.807, 2.05) is 0 Å². The minimum Gasteiger partial charge on any atom is -0.497 e. The molecule has 140 valence electrons. The molecule has 7 heteroatoms. The summed E-state index contributed by atoms with van der Waals surface area (Å²) in [7, 11) is 3.10. The normalized spacial score (nSPS) is 20.4. The molecule has 1 aliphatic carbocycles. The van der Waals surface area contributed by atoms with E-state index in [1.165, 1.54) is 7.11 Å². The number of nitrogens with one attached hydrogen (secondary N) is 2. The van der Waals surface area contributed by atoms with Gasteiger partial charge in [-0.3, -0.25) is 0 Å². The molecule has 2 N–H and O–H groups in total. The number of allylic oxidation sites excluding steroid dienone is 1. The molecule has 26 heavy (non-hydrogen) atoms. The number of urea groups is 1. The van der Waals surface area contributed by atoms with Crippen molar-refractivity contribution in [3.8, 4) is 11.5 Å². The molecule has 0 radical (unpaired) electrons. The summed E-state index contributed by atoms with van der Waals surface area (Å²) in [6.07, 6.45) is 3.85. The monoisotopic (exact) mass is 360 g/mol. The number of hydrogen-bond donors (Lipinski definition) is 2. The number of benzene rings is 1. The lowest BCUT2D eigenvalue weighted by atomic mass is 9.94. The zero-order valence-corrected chi connectivity index (χ0v) is 15.3. The Kier molecular flexibility index (Phi) is 5.35. The minimum atomic E-state index is -0.654. The highest BCUT2D eigenvalue weighted by atomic mass is 16.5. The Morgan fingerprint density at radius 1 is 1.15 bits per heavy atom. The van der Waals surface area contributed by atoms with Crippen LogP contribution in [-0.2, 0) is 9.53 Å². The summed E-state index contributed by atoms with van der Waals surface area (Å²) in [5.41, 5.74) is 1.54. The highest BCUT2D eigenvalue weighted by molar-refractivity contribution is 5.95. The molecule has 0 unspecified atom stereocenters. The van der Waals surface area contributed by atoms with Crippen molar-refractivity contribution in [3.63, 3.8) is 0 Å². The Balaban J connectivity index is 1.96. The average molecular weight is 360 g/mol. The molecule has 7 nitrogen and oxygen atoms in total. The SMILES string of the molecule is COc1ccc([C@@H]2NC(=O)NC(C)=C2C(=O)OC2CCCC2)c(OC)c1. The highest BCUT2D eigenvalue weighted by Gasteiger charge is 2.35. The number of hydrogen-bond acceptors (Lipinski definition) is 5. The third kappa shape index (κ3) is 3.61. The van der Waals surface area contributed by atoms with Crippen molar-refractivity contribution >= 4 is 12.0 Å². The smallest absolute Gasteiger partial charge is 0.338 e. The molecule has 3 rings (SSSR count). The molecule has 0 aromatic heterocycles. The molecule has 1 aromatic rings. The van der Waals surface area contributed by atoms with Gasteiger partial charge in [-0.15, -0.1) is 0 Å². The molecule has 1 saturated carbocycles. The third-order valence-electron chi connectivity index (χ3n) is 4.82. The van der Waals surface area contributed by atoms with Crippen LogP contribution in [0.2, 0.25) is 0 Å². The van der Waals surface area contributed by atoms with Crippen molar-refractivity contribution in [1.29, 1.82) is 0 Å². The third-order valence-corrected chi connectivity index (χ3v) is 4.82. The zero-order valence-electron chi connectivity index (χ0n) is 15.3. The van der Waals surface area contributed by atoms with Gasteiger partial charge in [-0.05, 0) is 44.7 Å². The summed E-state index contributed by atoms with van der Waals surface area (Å²) in [5.74, 6) is 0.738. The molecule has 0 bridgehead atoms. The van der Waals surface area contributed by atoms with Gasteiger partial charge >= 0.3 is 12.0 Å². The molecule has 1 atom stereocenters. The summed E-state index contributed by atoms with van der Waals surface area (Å²) in [4.78, 5) is 24.9. The number of rotatable bonds is 5. The molecule has 2 aliphatic rings. The van der Waals surface area contributed by atoms with E-state index in [0.29, 0.717) is 28.3 Å². The Labute approximate surface area is 152 Å². The van der Waals surface area contributed by atoms with Crippen molar-refractivity contribution in [2.75, 3.05) is 14.2 Å². The summed E-state index contributed by atoms with van der Waals surface area (Å²) in [6, 6.07) is 4.24. The van der Waals surface area contributed by atoms with Crippen LogP contribution >= 0.6 is 0 Å². The minimum absolute atomic E-state index is 0.0566. The summed E-state index contributed by atoms with van der Waals surface area (Å²) < 4.78 is 16.3. The largest absolute Gasteiger partial charge is 0.497 e. The number of methoxy groups -OCH3 is 2. The van der Waals surface area contributed by atoms with Crippen molar-refractivity contribution in [1.82, 2.24) is 10.6 Å². The maximum Gasteiger partial charge on any atom is 0.338 e. The topological polar surface area (TPSA) is 85.9 Å². The Morgan fingerprint density at radius 3 is 2.54 bits per heavy atom. The lowest BCUT2D eigenvalue weighted by molar-refractivity contribution is -0.144. The fourth-order valence-corrected chi connectivity index (χ4v) is 3.48. The molecule has 0 spiro atoms. The number of carbonyl (C=O) groups excluding carboxylic acids is 2. The predicted octanol–water partition coefficient (Wildman–Crippen LogP) is 2.82. The first-order valence-corrected chi connectivity index (χ1v) is 8.74. The Morgan fingerprint density at radius 2 is 1.88 bits per heavy atom. The lowest BCUT2D eigenvalue weighted by Crippen LogP contribution is -2.45. The maximum atomic E-state index is 12.8. The van der Waals surface area contributed by atoms with Crippen LogP contribution in [0.4, 0.5) is 4.79 Å². The second kappa shape index (κ2) is 7.68. The molecule has 2 amide bonds. The first kappa shape index (κ1) is 18.1. The van der Waals surface area contributed by atoms with E-state index in [0.717, 1.165) is 25.7 Å². The maximum absolute atomic E-state index is 12.8. The highest BCUT2D eigenvalue weighted by Crippen LogP contribution is 2.36. The van der Waals surface area contributed by atoms with E-state index in [1.54, 1.807) is 32.2 Å². The van der Waals surface area contributed by atoms with E-state index in [2.05, 4.69) is 10.6 Å². The second-order valence-electron chi connectivity index (χ2n) is 6.49. The summed E-state index contributed by atoms with van der Waals surface area (Å²) in [5, 5.41) is 5.46. The second-order valence-corrected chi connectivity index (χ2v) is 6.49. The van der Waals surface area contributed by atoms with Crippen molar-refractivity contribution in [2.24, 2.45) is 0 Å². The van der Waals surface area contributed by atoms with Gasteiger partial charge < -0.3 is 24.8 Å². The predicted molar refractivity (Wildman–Crippen MR) is 95.0 cm³/mol. The van der Waals surface area contributed by atoms with Gasteiger partial charge in [-0.25, -0.2) is 9.59 Å².